The predicted molar refractivity (Wildman–Crippen MR) is 65.3 cm³/mol. The molecule has 0 radical (unpaired) electrons. The third-order valence-electron chi connectivity index (χ3n) is 2.17. The summed E-state index contributed by atoms with van der Waals surface area (Å²) >= 11 is 0. The Hall–Kier alpha value is -1.40. The molecule has 0 saturated heterocycles. The molecule has 3 N–H and O–H groups in total. The molecule has 0 aliphatic carbocycles. The van der Waals surface area contributed by atoms with E-state index < -0.39 is 22.8 Å². The van der Waals surface area contributed by atoms with Crippen LogP contribution >= 0.6 is 0 Å². The Bertz CT molecular complexity index is 404. The van der Waals surface area contributed by atoms with E-state index in [1.807, 2.05) is 0 Å². The van der Waals surface area contributed by atoms with Crippen LogP contribution in [-0.4, -0.2) is 34.2 Å². The lowest BCUT2D eigenvalue weighted by Crippen LogP contribution is -2.35. The number of rotatable bonds is 6. The fourth-order valence-electron chi connectivity index (χ4n) is 1.24. The van der Waals surface area contributed by atoms with Crippen molar-refractivity contribution in [1.82, 2.24) is 0 Å². The van der Waals surface area contributed by atoms with Crippen molar-refractivity contribution in [2.75, 3.05) is 12.9 Å². The Morgan fingerprint density at radius 3 is 2.53 bits per heavy atom. The summed E-state index contributed by atoms with van der Waals surface area (Å²) in [6.45, 7) is 0. The first-order chi connectivity index (χ1) is 8.02. The summed E-state index contributed by atoms with van der Waals surface area (Å²) in [5.74, 6) is -0.151. The van der Waals surface area contributed by atoms with Gasteiger partial charge in [-0.3, -0.25) is 9.00 Å². The summed E-state index contributed by atoms with van der Waals surface area (Å²) < 4.78 is 16.6. The first kappa shape index (κ1) is 13.7. The molecule has 17 heavy (non-hydrogen) atoms. The van der Waals surface area contributed by atoms with Crippen molar-refractivity contribution in [3.8, 4) is 5.75 Å². The maximum atomic E-state index is 11.6. The van der Waals surface area contributed by atoms with E-state index in [0.717, 1.165) is 11.3 Å². The number of aliphatic carboxylic acids is 1. The smallest absolute Gasteiger partial charge is 0.321 e. The average Bonchev–Trinajstić information content (AvgIpc) is 2.29. The Kier molecular flexibility index (Phi) is 5.11. The molecule has 5 nitrogen and oxygen atoms in total. The molecule has 0 spiro atoms. The van der Waals surface area contributed by atoms with Gasteiger partial charge in [-0.2, -0.15) is 0 Å². The van der Waals surface area contributed by atoms with Crippen molar-refractivity contribution in [3.63, 3.8) is 0 Å². The minimum Gasteiger partial charge on any atom is -0.497 e. The molecule has 0 aromatic heterocycles. The van der Waals surface area contributed by atoms with E-state index in [1.165, 1.54) is 0 Å². The summed E-state index contributed by atoms with van der Waals surface area (Å²) in [5.41, 5.74) is 6.17. The Balaban J connectivity index is 2.53. The summed E-state index contributed by atoms with van der Waals surface area (Å²) in [4.78, 5) is 10.5. The molecular formula is C11H15NO4S. The maximum absolute atomic E-state index is 11.6. The summed E-state index contributed by atoms with van der Waals surface area (Å²) in [6, 6.07) is 6.05. The van der Waals surface area contributed by atoms with Gasteiger partial charge < -0.3 is 15.6 Å². The van der Waals surface area contributed by atoms with E-state index >= 15 is 0 Å². The van der Waals surface area contributed by atoms with Crippen LogP contribution in [0.25, 0.3) is 0 Å². The van der Waals surface area contributed by atoms with Crippen LogP contribution in [0.4, 0.5) is 0 Å². The second-order valence-corrected chi connectivity index (χ2v) is 5.05. The molecule has 1 rings (SSSR count). The highest BCUT2D eigenvalue weighted by Crippen LogP contribution is 2.12. The van der Waals surface area contributed by atoms with E-state index in [2.05, 4.69) is 0 Å². The molecule has 94 valence electrons. The third-order valence-corrected chi connectivity index (χ3v) is 3.56. The SMILES string of the molecule is COc1ccc(CS(=O)CC(N)C(=O)O)cc1. The number of ether oxygens (including phenoxy) is 1. The number of hydrogen-bond acceptors (Lipinski definition) is 4. The van der Waals surface area contributed by atoms with Crippen LogP contribution in [0.2, 0.25) is 0 Å². The van der Waals surface area contributed by atoms with Crippen molar-refractivity contribution in [1.29, 1.82) is 0 Å². The summed E-state index contributed by atoms with van der Waals surface area (Å²) in [7, 11) is 0.292. The Morgan fingerprint density at radius 2 is 2.06 bits per heavy atom. The first-order valence-corrected chi connectivity index (χ1v) is 6.48. The molecule has 0 heterocycles. The topological polar surface area (TPSA) is 89.6 Å². The fourth-order valence-corrected chi connectivity index (χ4v) is 2.46. The number of carbonyl (C=O) groups is 1. The zero-order chi connectivity index (χ0) is 12.8. The van der Waals surface area contributed by atoms with E-state index in [4.69, 9.17) is 15.6 Å². The van der Waals surface area contributed by atoms with Gasteiger partial charge in [0.1, 0.15) is 11.8 Å². The fraction of sp³-hybridized carbons (Fsp3) is 0.364. The molecule has 1 aromatic carbocycles. The quantitative estimate of drug-likeness (QED) is 0.767. The van der Waals surface area contributed by atoms with Gasteiger partial charge in [-0.25, -0.2) is 0 Å². The standard InChI is InChI=1S/C11H15NO4S/c1-16-9-4-2-8(3-5-9)6-17(15)7-10(12)11(13)14/h2-5,10H,6-7,12H2,1H3,(H,13,14). The van der Waals surface area contributed by atoms with E-state index in [0.29, 0.717) is 5.75 Å². The molecule has 0 bridgehead atoms. The summed E-state index contributed by atoms with van der Waals surface area (Å²) in [6.07, 6.45) is 0. The highest BCUT2D eigenvalue weighted by Gasteiger charge is 2.15. The van der Waals surface area contributed by atoms with Gasteiger partial charge in [0, 0.05) is 22.3 Å². The highest BCUT2D eigenvalue weighted by molar-refractivity contribution is 7.84. The molecule has 0 aliphatic heterocycles. The molecule has 0 aliphatic rings. The minimum atomic E-state index is -1.28. The molecule has 6 heteroatoms. The molecule has 2 unspecified atom stereocenters. The Morgan fingerprint density at radius 1 is 1.47 bits per heavy atom. The van der Waals surface area contributed by atoms with Crippen LogP contribution in [0.15, 0.2) is 24.3 Å². The van der Waals surface area contributed by atoms with Crippen LogP contribution in [0.3, 0.4) is 0 Å². The van der Waals surface area contributed by atoms with Gasteiger partial charge in [-0.05, 0) is 17.7 Å². The number of nitrogens with two attached hydrogens (primary N) is 1. The average molecular weight is 257 g/mol. The van der Waals surface area contributed by atoms with Crippen LogP contribution in [-0.2, 0) is 21.3 Å². The van der Waals surface area contributed by atoms with Gasteiger partial charge in [0.2, 0.25) is 0 Å². The minimum absolute atomic E-state index is 0.0403. The van der Waals surface area contributed by atoms with Crippen molar-refractivity contribution in [3.05, 3.63) is 29.8 Å². The van der Waals surface area contributed by atoms with Crippen molar-refractivity contribution in [2.45, 2.75) is 11.8 Å². The first-order valence-electron chi connectivity index (χ1n) is 4.99. The number of methoxy groups -OCH3 is 1. The van der Waals surface area contributed by atoms with Gasteiger partial charge in [0.25, 0.3) is 0 Å². The zero-order valence-corrected chi connectivity index (χ0v) is 10.3. The van der Waals surface area contributed by atoms with Crippen molar-refractivity contribution < 1.29 is 18.8 Å². The highest BCUT2D eigenvalue weighted by atomic mass is 32.2. The lowest BCUT2D eigenvalue weighted by Gasteiger charge is -2.07. The lowest BCUT2D eigenvalue weighted by molar-refractivity contribution is -0.137. The molecule has 2 atom stereocenters. The van der Waals surface area contributed by atoms with Crippen molar-refractivity contribution in [2.24, 2.45) is 5.73 Å². The maximum Gasteiger partial charge on any atom is 0.321 e. The van der Waals surface area contributed by atoms with Gasteiger partial charge in [-0.15, -0.1) is 0 Å². The molecular weight excluding hydrogens is 242 g/mol. The predicted octanol–water partition coefficient (Wildman–Crippen LogP) is 0.356. The van der Waals surface area contributed by atoms with E-state index in [1.54, 1.807) is 31.4 Å². The molecule has 1 aromatic rings. The molecule has 0 saturated carbocycles. The van der Waals surface area contributed by atoms with Gasteiger partial charge in [0.05, 0.1) is 7.11 Å². The lowest BCUT2D eigenvalue weighted by atomic mass is 10.2. The Labute approximate surface area is 102 Å². The summed E-state index contributed by atoms with van der Waals surface area (Å²) in [5, 5.41) is 8.59. The second-order valence-electron chi connectivity index (χ2n) is 3.54. The van der Waals surface area contributed by atoms with E-state index in [9.17, 15) is 9.00 Å². The number of carboxylic acid groups (broad SMARTS) is 1. The largest absolute Gasteiger partial charge is 0.497 e. The van der Waals surface area contributed by atoms with Crippen LogP contribution < -0.4 is 10.5 Å². The van der Waals surface area contributed by atoms with Crippen LogP contribution in [0.5, 0.6) is 5.75 Å². The number of hydrogen-bond donors (Lipinski definition) is 2. The number of benzene rings is 1. The molecule has 0 fully saturated rings. The normalized spacial score (nSPS) is 14.0. The van der Waals surface area contributed by atoms with Gasteiger partial charge in [-0.1, -0.05) is 12.1 Å². The molecule has 0 amide bonds. The van der Waals surface area contributed by atoms with E-state index in [-0.39, 0.29) is 5.75 Å². The van der Waals surface area contributed by atoms with Gasteiger partial charge in [0.15, 0.2) is 0 Å². The zero-order valence-electron chi connectivity index (χ0n) is 9.46. The monoisotopic (exact) mass is 257 g/mol. The second kappa shape index (κ2) is 6.36. The third kappa shape index (κ3) is 4.54. The van der Waals surface area contributed by atoms with Crippen molar-refractivity contribution >= 4 is 16.8 Å². The van der Waals surface area contributed by atoms with Crippen LogP contribution in [0, 0.1) is 0 Å². The van der Waals surface area contributed by atoms with Crippen LogP contribution in [0.1, 0.15) is 5.56 Å². The van der Waals surface area contributed by atoms with Gasteiger partial charge >= 0.3 is 5.97 Å². The number of carboxylic acids is 1.